The molecule has 0 atom stereocenters. The first kappa shape index (κ1) is 17.0. The fraction of sp³-hybridized carbons (Fsp3) is 0.389. The Morgan fingerprint density at radius 3 is 2.60 bits per heavy atom. The van der Waals surface area contributed by atoms with Gasteiger partial charge in [-0.1, -0.05) is 37.5 Å². The van der Waals surface area contributed by atoms with Crippen molar-refractivity contribution in [2.75, 3.05) is 16.5 Å². The Labute approximate surface area is 147 Å². The predicted octanol–water partition coefficient (Wildman–Crippen LogP) is 2.87. The number of hydrogen-bond acceptors (Lipinski definition) is 6. The molecule has 7 heteroatoms. The molecule has 1 fully saturated rings. The number of aryl methyl sites for hydroxylation is 1. The van der Waals surface area contributed by atoms with Crippen LogP contribution in [0.15, 0.2) is 30.6 Å². The summed E-state index contributed by atoms with van der Waals surface area (Å²) in [6.07, 6.45) is 7.41. The summed E-state index contributed by atoms with van der Waals surface area (Å²) >= 11 is 0. The molecule has 5 N–H and O–H groups in total. The minimum Gasteiger partial charge on any atom is -0.393 e. The van der Waals surface area contributed by atoms with Gasteiger partial charge in [0.2, 0.25) is 0 Å². The third-order valence-electron chi connectivity index (χ3n) is 4.51. The molecule has 1 aromatic heterocycles. The van der Waals surface area contributed by atoms with Gasteiger partial charge in [0.1, 0.15) is 12.0 Å². The Morgan fingerprint density at radius 2 is 1.84 bits per heavy atom. The minimum atomic E-state index is -0.238. The fourth-order valence-corrected chi connectivity index (χ4v) is 3.06. The summed E-state index contributed by atoms with van der Waals surface area (Å²) in [4.78, 5) is 20.6. The quantitative estimate of drug-likeness (QED) is 0.624. The van der Waals surface area contributed by atoms with E-state index in [1.165, 1.54) is 25.6 Å². The molecule has 7 nitrogen and oxygen atoms in total. The van der Waals surface area contributed by atoms with Gasteiger partial charge in [0.25, 0.3) is 5.91 Å². The largest absolute Gasteiger partial charge is 0.393 e. The maximum atomic E-state index is 12.3. The summed E-state index contributed by atoms with van der Waals surface area (Å²) in [6.45, 7) is 1.89. The number of benzene rings is 1. The highest BCUT2D eigenvalue weighted by Gasteiger charge is 2.17. The number of nitrogens with two attached hydrogens (primary N) is 1. The van der Waals surface area contributed by atoms with Crippen molar-refractivity contribution in [3.63, 3.8) is 0 Å². The average Bonchev–Trinajstić information content (AvgIpc) is 2.63. The molecule has 1 amide bonds. The standard InChI is InChI=1S/C18H24N6O/c1-12-7-5-6-10-14(12)18(25)24-23-17-15(19)16(20-11-21-17)22-13-8-3-2-4-9-13/h5-7,10-11,13H,2-4,8-9,19H2,1H3,(H,24,25)(H2,20,21,22,23). The highest BCUT2D eigenvalue weighted by molar-refractivity contribution is 5.96. The van der Waals surface area contributed by atoms with E-state index in [2.05, 4.69) is 26.1 Å². The maximum absolute atomic E-state index is 12.3. The third kappa shape index (κ3) is 4.17. The van der Waals surface area contributed by atoms with E-state index in [1.54, 1.807) is 6.07 Å². The SMILES string of the molecule is Cc1ccccc1C(=O)NNc1ncnc(NC2CCCCC2)c1N. The van der Waals surface area contributed by atoms with Gasteiger partial charge in [-0.3, -0.25) is 15.6 Å². The van der Waals surface area contributed by atoms with Gasteiger partial charge in [-0.05, 0) is 31.4 Å². The second-order valence-electron chi connectivity index (χ2n) is 6.36. The van der Waals surface area contributed by atoms with Gasteiger partial charge in [0, 0.05) is 11.6 Å². The number of carbonyl (C=O) groups is 1. The molecule has 0 bridgehead atoms. The van der Waals surface area contributed by atoms with Gasteiger partial charge in [-0.2, -0.15) is 0 Å². The number of aromatic nitrogens is 2. The van der Waals surface area contributed by atoms with Gasteiger partial charge in [-0.25, -0.2) is 9.97 Å². The van der Waals surface area contributed by atoms with Crippen molar-refractivity contribution in [2.24, 2.45) is 0 Å². The monoisotopic (exact) mass is 340 g/mol. The summed E-state index contributed by atoms with van der Waals surface area (Å²) in [5, 5.41) is 3.39. The number of hydrazine groups is 1. The van der Waals surface area contributed by atoms with Crippen LogP contribution in [0, 0.1) is 6.92 Å². The maximum Gasteiger partial charge on any atom is 0.269 e. The summed E-state index contributed by atoms with van der Waals surface area (Å²) in [5.41, 5.74) is 13.5. The first-order valence-corrected chi connectivity index (χ1v) is 8.64. The van der Waals surface area contributed by atoms with E-state index in [0.29, 0.717) is 28.9 Å². The first-order chi connectivity index (χ1) is 12.1. The molecule has 0 radical (unpaired) electrons. The van der Waals surface area contributed by atoms with Crippen molar-refractivity contribution in [1.29, 1.82) is 0 Å². The molecular formula is C18H24N6O. The zero-order valence-electron chi connectivity index (χ0n) is 14.4. The summed E-state index contributed by atoms with van der Waals surface area (Å²) < 4.78 is 0. The fourth-order valence-electron chi connectivity index (χ4n) is 3.06. The van der Waals surface area contributed by atoms with E-state index < -0.39 is 0 Å². The average molecular weight is 340 g/mol. The van der Waals surface area contributed by atoms with E-state index in [9.17, 15) is 4.79 Å². The summed E-state index contributed by atoms with van der Waals surface area (Å²) in [5.74, 6) is 0.752. The Kier molecular flexibility index (Phi) is 5.33. The summed E-state index contributed by atoms with van der Waals surface area (Å²) in [7, 11) is 0. The lowest BCUT2D eigenvalue weighted by Crippen LogP contribution is -2.31. The Bertz CT molecular complexity index is 742. The van der Waals surface area contributed by atoms with Crippen LogP contribution in [-0.4, -0.2) is 21.9 Å². The molecule has 0 unspecified atom stereocenters. The van der Waals surface area contributed by atoms with Crippen LogP contribution in [-0.2, 0) is 0 Å². The Balaban J connectivity index is 1.65. The smallest absolute Gasteiger partial charge is 0.269 e. The first-order valence-electron chi connectivity index (χ1n) is 8.64. The number of nitrogens with one attached hydrogen (secondary N) is 3. The predicted molar refractivity (Wildman–Crippen MR) is 99.2 cm³/mol. The van der Waals surface area contributed by atoms with E-state index in [-0.39, 0.29) is 5.91 Å². The highest BCUT2D eigenvalue weighted by atomic mass is 16.2. The number of rotatable bonds is 5. The van der Waals surface area contributed by atoms with Crippen molar-refractivity contribution < 1.29 is 4.79 Å². The van der Waals surface area contributed by atoms with Gasteiger partial charge < -0.3 is 11.1 Å². The highest BCUT2D eigenvalue weighted by Crippen LogP contribution is 2.26. The summed E-state index contributed by atoms with van der Waals surface area (Å²) in [6, 6.07) is 7.77. The van der Waals surface area contributed by atoms with Crippen molar-refractivity contribution in [3.05, 3.63) is 41.7 Å². The van der Waals surface area contributed by atoms with Gasteiger partial charge in [0.15, 0.2) is 11.6 Å². The molecule has 0 saturated heterocycles. The van der Waals surface area contributed by atoms with Crippen LogP contribution in [0.2, 0.25) is 0 Å². The van der Waals surface area contributed by atoms with Crippen molar-refractivity contribution in [1.82, 2.24) is 15.4 Å². The normalized spacial score (nSPS) is 14.8. The zero-order valence-corrected chi connectivity index (χ0v) is 14.4. The molecule has 0 aliphatic heterocycles. The van der Waals surface area contributed by atoms with Gasteiger partial charge in [0.05, 0.1) is 0 Å². The van der Waals surface area contributed by atoms with Crippen molar-refractivity contribution in [3.8, 4) is 0 Å². The lowest BCUT2D eigenvalue weighted by Gasteiger charge is -2.24. The number of nitrogens with zero attached hydrogens (tertiary/aromatic N) is 2. The second-order valence-corrected chi connectivity index (χ2v) is 6.36. The molecule has 25 heavy (non-hydrogen) atoms. The van der Waals surface area contributed by atoms with E-state index >= 15 is 0 Å². The molecular weight excluding hydrogens is 316 g/mol. The molecule has 1 heterocycles. The number of amides is 1. The second kappa shape index (κ2) is 7.83. The molecule has 1 aliphatic rings. The van der Waals surface area contributed by atoms with Crippen LogP contribution in [0.3, 0.4) is 0 Å². The lowest BCUT2D eigenvalue weighted by atomic mass is 9.95. The third-order valence-corrected chi connectivity index (χ3v) is 4.51. The topological polar surface area (TPSA) is 105 Å². The van der Waals surface area contributed by atoms with Crippen LogP contribution in [0.25, 0.3) is 0 Å². The zero-order chi connectivity index (χ0) is 17.6. The molecule has 1 saturated carbocycles. The molecule has 3 rings (SSSR count). The van der Waals surface area contributed by atoms with Crippen molar-refractivity contribution in [2.45, 2.75) is 45.1 Å². The Morgan fingerprint density at radius 1 is 1.12 bits per heavy atom. The number of carbonyl (C=O) groups excluding carboxylic acids is 1. The molecule has 1 aromatic carbocycles. The number of hydrogen-bond donors (Lipinski definition) is 4. The lowest BCUT2D eigenvalue weighted by molar-refractivity contribution is 0.0962. The van der Waals surface area contributed by atoms with Crippen molar-refractivity contribution >= 4 is 23.2 Å². The number of nitrogen functional groups attached to an aromatic ring is 1. The van der Waals surface area contributed by atoms with Crippen LogP contribution in [0.5, 0.6) is 0 Å². The van der Waals surface area contributed by atoms with Gasteiger partial charge in [-0.15, -0.1) is 0 Å². The number of anilines is 3. The minimum absolute atomic E-state index is 0.238. The van der Waals surface area contributed by atoms with Crippen LogP contribution >= 0.6 is 0 Å². The molecule has 0 spiro atoms. The van der Waals surface area contributed by atoms with E-state index in [0.717, 1.165) is 18.4 Å². The Hall–Kier alpha value is -2.83. The molecule has 1 aliphatic carbocycles. The molecule has 132 valence electrons. The van der Waals surface area contributed by atoms with Crippen LogP contribution in [0.1, 0.15) is 48.0 Å². The van der Waals surface area contributed by atoms with E-state index in [1.807, 2.05) is 25.1 Å². The van der Waals surface area contributed by atoms with Gasteiger partial charge >= 0.3 is 0 Å². The van der Waals surface area contributed by atoms with Crippen LogP contribution < -0.4 is 21.9 Å². The van der Waals surface area contributed by atoms with E-state index in [4.69, 9.17) is 5.73 Å². The van der Waals surface area contributed by atoms with Crippen LogP contribution in [0.4, 0.5) is 17.3 Å². The molecule has 2 aromatic rings.